The Kier molecular flexibility index (Phi) is 2.73. The maximum atomic E-state index is 5.98. The average Bonchev–Trinajstić information content (AvgIpc) is 2.67. The van der Waals surface area contributed by atoms with Crippen molar-refractivity contribution in [3.63, 3.8) is 0 Å². The third-order valence-electron chi connectivity index (χ3n) is 2.19. The van der Waals surface area contributed by atoms with Crippen LogP contribution in [0.1, 0.15) is 25.5 Å². The minimum absolute atomic E-state index is 0.418. The number of hydrogen-bond acceptors (Lipinski definition) is 2. The van der Waals surface area contributed by atoms with E-state index in [2.05, 4.69) is 23.9 Å². The highest BCUT2D eigenvalue weighted by atomic mass is 35.5. The molecule has 0 radical (unpaired) electrons. The minimum Gasteiger partial charge on any atom is -0.242 e. The fraction of sp³-hybridized carbons (Fsp3) is 0.273. The van der Waals surface area contributed by atoms with Crippen LogP contribution in [0.15, 0.2) is 30.6 Å². The molecule has 3 nitrogen and oxygen atoms in total. The number of aromatic nitrogens is 3. The van der Waals surface area contributed by atoms with Gasteiger partial charge >= 0.3 is 0 Å². The predicted molar refractivity (Wildman–Crippen MR) is 60.5 cm³/mol. The molecule has 0 aromatic carbocycles. The zero-order chi connectivity index (χ0) is 10.8. The van der Waals surface area contributed by atoms with Crippen molar-refractivity contribution in [1.29, 1.82) is 0 Å². The molecule has 0 spiro atoms. The minimum atomic E-state index is 0.418. The number of halogens is 1. The molecule has 15 heavy (non-hydrogen) atoms. The van der Waals surface area contributed by atoms with Gasteiger partial charge in [-0.1, -0.05) is 25.4 Å². The lowest BCUT2D eigenvalue weighted by Crippen LogP contribution is -1.98. The number of rotatable bonds is 2. The molecule has 0 aliphatic rings. The Hall–Kier alpha value is -1.35. The molecule has 78 valence electrons. The lowest BCUT2D eigenvalue weighted by atomic mass is 10.1. The van der Waals surface area contributed by atoms with Crippen molar-refractivity contribution >= 4 is 11.6 Å². The Balaban J connectivity index is 2.42. The van der Waals surface area contributed by atoms with E-state index < -0.39 is 0 Å². The molecule has 4 heteroatoms. The van der Waals surface area contributed by atoms with Gasteiger partial charge in [-0.2, -0.15) is 5.10 Å². The van der Waals surface area contributed by atoms with E-state index in [1.165, 1.54) is 0 Å². The van der Waals surface area contributed by atoms with Crippen molar-refractivity contribution in [1.82, 2.24) is 14.8 Å². The van der Waals surface area contributed by atoms with Gasteiger partial charge in [-0.05, 0) is 24.1 Å². The van der Waals surface area contributed by atoms with Crippen LogP contribution in [0, 0.1) is 0 Å². The molecule has 0 aliphatic carbocycles. The lowest BCUT2D eigenvalue weighted by molar-refractivity contribution is 0.767. The van der Waals surface area contributed by atoms with Gasteiger partial charge in [0.2, 0.25) is 0 Å². The van der Waals surface area contributed by atoms with Crippen LogP contribution in [-0.2, 0) is 0 Å². The summed E-state index contributed by atoms with van der Waals surface area (Å²) in [4.78, 5) is 4.01. The molecule has 0 N–H and O–H groups in total. The van der Waals surface area contributed by atoms with Crippen molar-refractivity contribution in [2.24, 2.45) is 0 Å². The summed E-state index contributed by atoms with van der Waals surface area (Å²) in [5, 5.41) is 4.90. The molecule has 0 amide bonds. The van der Waals surface area contributed by atoms with E-state index in [1.54, 1.807) is 10.9 Å². The predicted octanol–water partition coefficient (Wildman–Crippen LogP) is 3.04. The lowest BCUT2D eigenvalue weighted by Gasteiger charge is -2.03. The summed E-state index contributed by atoms with van der Waals surface area (Å²) in [5.41, 5.74) is 1.86. The van der Waals surface area contributed by atoms with Gasteiger partial charge in [0, 0.05) is 12.4 Å². The molecule has 2 heterocycles. The number of nitrogens with zero attached hydrogens (tertiary/aromatic N) is 3. The van der Waals surface area contributed by atoms with Gasteiger partial charge in [-0.3, -0.25) is 0 Å². The Morgan fingerprint density at radius 2 is 2.13 bits per heavy atom. The summed E-state index contributed by atoms with van der Waals surface area (Å²) >= 11 is 5.98. The van der Waals surface area contributed by atoms with E-state index in [0.717, 1.165) is 11.4 Å². The molecule has 0 bridgehead atoms. The van der Waals surface area contributed by atoms with Crippen LogP contribution in [-0.4, -0.2) is 14.8 Å². The summed E-state index contributed by atoms with van der Waals surface area (Å²) in [6.45, 7) is 4.22. The molecular weight excluding hydrogens is 210 g/mol. The standard InChI is InChI=1S/C11H12ClN3/c1-8(2)9-5-7-15(14-9)10-4-3-6-13-11(10)12/h3-8H,1-2H3. The second-order valence-corrected chi connectivity index (χ2v) is 4.01. The molecule has 0 fully saturated rings. The zero-order valence-electron chi connectivity index (χ0n) is 8.68. The molecule has 2 aromatic rings. The molecule has 2 aromatic heterocycles. The maximum Gasteiger partial charge on any atom is 0.154 e. The first-order valence-electron chi connectivity index (χ1n) is 4.85. The first-order chi connectivity index (χ1) is 7.18. The summed E-state index contributed by atoms with van der Waals surface area (Å²) in [6.07, 6.45) is 3.57. The van der Waals surface area contributed by atoms with Crippen molar-refractivity contribution in [2.45, 2.75) is 19.8 Å². The molecule has 0 atom stereocenters. The van der Waals surface area contributed by atoms with Crippen LogP contribution < -0.4 is 0 Å². The third kappa shape index (κ3) is 2.02. The van der Waals surface area contributed by atoms with Crippen LogP contribution in [0.5, 0.6) is 0 Å². The van der Waals surface area contributed by atoms with Crippen molar-refractivity contribution < 1.29 is 0 Å². The monoisotopic (exact) mass is 221 g/mol. The van der Waals surface area contributed by atoms with E-state index in [0.29, 0.717) is 11.1 Å². The second-order valence-electron chi connectivity index (χ2n) is 3.65. The van der Waals surface area contributed by atoms with Gasteiger partial charge < -0.3 is 0 Å². The maximum absolute atomic E-state index is 5.98. The molecular formula is C11H12ClN3. The zero-order valence-corrected chi connectivity index (χ0v) is 9.44. The summed E-state index contributed by atoms with van der Waals surface area (Å²) < 4.78 is 1.75. The van der Waals surface area contributed by atoms with Crippen LogP contribution in [0.25, 0.3) is 5.69 Å². The summed E-state index contributed by atoms with van der Waals surface area (Å²) in [7, 11) is 0. The smallest absolute Gasteiger partial charge is 0.154 e. The van der Waals surface area contributed by atoms with Gasteiger partial charge in [-0.25, -0.2) is 9.67 Å². The highest BCUT2D eigenvalue weighted by molar-refractivity contribution is 6.31. The van der Waals surface area contributed by atoms with E-state index in [1.807, 2.05) is 24.4 Å². The molecule has 0 unspecified atom stereocenters. The second kappa shape index (κ2) is 4.03. The van der Waals surface area contributed by atoms with Gasteiger partial charge in [0.15, 0.2) is 5.15 Å². The van der Waals surface area contributed by atoms with E-state index in [-0.39, 0.29) is 0 Å². The van der Waals surface area contributed by atoms with E-state index in [9.17, 15) is 0 Å². The summed E-state index contributed by atoms with van der Waals surface area (Å²) in [6, 6.07) is 5.73. The third-order valence-corrected chi connectivity index (χ3v) is 2.48. The topological polar surface area (TPSA) is 30.7 Å². The van der Waals surface area contributed by atoms with Crippen LogP contribution in [0.3, 0.4) is 0 Å². The fourth-order valence-electron chi connectivity index (χ4n) is 1.33. The van der Waals surface area contributed by atoms with E-state index in [4.69, 9.17) is 11.6 Å². The molecule has 0 saturated carbocycles. The normalized spacial score (nSPS) is 10.9. The Bertz CT molecular complexity index is 462. The first kappa shape index (κ1) is 10.2. The van der Waals surface area contributed by atoms with E-state index >= 15 is 0 Å². The van der Waals surface area contributed by atoms with Crippen LogP contribution >= 0.6 is 11.6 Å². The Labute approximate surface area is 93.7 Å². The van der Waals surface area contributed by atoms with Gasteiger partial charge in [0.05, 0.1) is 5.69 Å². The van der Waals surface area contributed by atoms with Gasteiger partial charge in [-0.15, -0.1) is 0 Å². The number of pyridine rings is 1. The first-order valence-corrected chi connectivity index (χ1v) is 5.22. The highest BCUT2D eigenvalue weighted by Gasteiger charge is 2.07. The molecule has 0 saturated heterocycles. The summed E-state index contributed by atoms with van der Waals surface area (Å²) in [5.74, 6) is 0.418. The quantitative estimate of drug-likeness (QED) is 0.730. The average molecular weight is 222 g/mol. The van der Waals surface area contributed by atoms with Crippen molar-refractivity contribution in [2.75, 3.05) is 0 Å². The van der Waals surface area contributed by atoms with Crippen molar-refractivity contribution in [3.8, 4) is 5.69 Å². The Morgan fingerprint density at radius 1 is 1.33 bits per heavy atom. The van der Waals surface area contributed by atoms with Gasteiger partial charge in [0.1, 0.15) is 5.69 Å². The largest absolute Gasteiger partial charge is 0.242 e. The fourth-order valence-corrected chi connectivity index (χ4v) is 1.53. The van der Waals surface area contributed by atoms with Crippen molar-refractivity contribution in [3.05, 3.63) is 41.4 Å². The Morgan fingerprint density at radius 3 is 2.73 bits per heavy atom. The molecule has 2 rings (SSSR count). The van der Waals surface area contributed by atoms with Gasteiger partial charge in [0.25, 0.3) is 0 Å². The van der Waals surface area contributed by atoms with Crippen LogP contribution in [0.4, 0.5) is 0 Å². The molecule has 0 aliphatic heterocycles. The van der Waals surface area contributed by atoms with Crippen LogP contribution in [0.2, 0.25) is 5.15 Å². The number of hydrogen-bond donors (Lipinski definition) is 0. The highest BCUT2D eigenvalue weighted by Crippen LogP contribution is 2.18. The SMILES string of the molecule is CC(C)c1ccn(-c2cccnc2Cl)n1.